The van der Waals surface area contributed by atoms with Crippen molar-refractivity contribution in [2.45, 2.75) is 51.6 Å². The Bertz CT molecular complexity index is 593. The average Bonchev–Trinajstić information content (AvgIpc) is 2.94. The minimum Gasteiger partial charge on any atom is -0.377 e. The summed E-state index contributed by atoms with van der Waals surface area (Å²) >= 11 is 0. The summed E-state index contributed by atoms with van der Waals surface area (Å²) in [6.07, 6.45) is 10.0. The summed E-state index contributed by atoms with van der Waals surface area (Å²) < 4.78 is 6.17. The maximum Gasteiger partial charge on any atom is 0.155 e. The maximum atomic E-state index is 12.4. The SMILES string of the molecule is C[C@]12CC[C@H]3[C@@H](C[C@H]4OC[C@@]35C=CC(=O)C[C@H]45)[C@@H]1CCC2=O. The average molecular weight is 300 g/mol. The monoisotopic (exact) mass is 300 g/mol. The van der Waals surface area contributed by atoms with Crippen molar-refractivity contribution in [1.29, 1.82) is 0 Å². The number of hydrogen-bond acceptors (Lipinski definition) is 3. The molecule has 3 nitrogen and oxygen atoms in total. The summed E-state index contributed by atoms with van der Waals surface area (Å²) in [7, 11) is 0. The lowest BCUT2D eigenvalue weighted by molar-refractivity contribution is -0.134. The number of fused-ring (bicyclic) bond motifs is 3. The number of carbonyl (C=O) groups is 2. The predicted molar refractivity (Wildman–Crippen MR) is 81.1 cm³/mol. The van der Waals surface area contributed by atoms with Gasteiger partial charge in [0.2, 0.25) is 0 Å². The molecule has 7 atom stereocenters. The smallest absolute Gasteiger partial charge is 0.155 e. The second-order valence-electron chi connectivity index (χ2n) is 8.60. The molecule has 0 N–H and O–H groups in total. The van der Waals surface area contributed by atoms with Crippen molar-refractivity contribution >= 4 is 11.6 Å². The van der Waals surface area contributed by atoms with Gasteiger partial charge in [0.1, 0.15) is 5.78 Å². The lowest BCUT2D eigenvalue weighted by atomic mass is 9.46. The summed E-state index contributed by atoms with van der Waals surface area (Å²) in [6.45, 7) is 3.01. The molecule has 3 saturated carbocycles. The van der Waals surface area contributed by atoms with Crippen LogP contribution in [0.4, 0.5) is 0 Å². The first kappa shape index (κ1) is 13.5. The Hall–Kier alpha value is -0.960. The van der Waals surface area contributed by atoms with Crippen molar-refractivity contribution in [1.82, 2.24) is 0 Å². The third-order valence-electron chi connectivity index (χ3n) is 8.03. The zero-order valence-electron chi connectivity index (χ0n) is 13.2. The van der Waals surface area contributed by atoms with E-state index in [4.69, 9.17) is 4.74 Å². The molecule has 0 amide bonds. The number of ether oxygens (including phenoxy) is 1. The molecule has 1 heterocycles. The van der Waals surface area contributed by atoms with Crippen LogP contribution in [0.2, 0.25) is 0 Å². The van der Waals surface area contributed by atoms with E-state index in [9.17, 15) is 9.59 Å². The van der Waals surface area contributed by atoms with Crippen molar-refractivity contribution in [3.63, 3.8) is 0 Å². The third-order valence-corrected chi connectivity index (χ3v) is 8.03. The van der Waals surface area contributed by atoms with Crippen LogP contribution in [0, 0.1) is 34.5 Å². The molecular weight excluding hydrogens is 276 g/mol. The zero-order valence-corrected chi connectivity index (χ0v) is 13.2. The van der Waals surface area contributed by atoms with Crippen molar-refractivity contribution in [2.24, 2.45) is 34.5 Å². The number of ketones is 2. The standard InChI is InChI=1S/C19H24O3/c1-18-6-5-14-12(13(18)2-3-17(18)21)9-16-15-8-11(20)4-7-19(14,15)10-22-16/h4,7,12-16H,2-3,5-6,8-10H2,1H3/t12-,13-,14-,15+,16+,18-,19-/m0/s1. The van der Waals surface area contributed by atoms with Crippen LogP contribution in [0.25, 0.3) is 0 Å². The van der Waals surface area contributed by atoms with Crippen molar-refractivity contribution in [3.8, 4) is 0 Å². The summed E-state index contributed by atoms with van der Waals surface area (Å²) in [5, 5.41) is 0. The number of allylic oxidation sites excluding steroid dienone is 1. The van der Waals surface area contributed by atoms with Gasteiger partial charge in [-0.1, -0.05) is 13.0 Å². The van der Waals surface area contributed by atoms with Gasteiger partial charge in [-0.05, 0) is 49.5 Å². The van der Waals surface area contributed by atoms with Gasteiger partial charge in [-0.15, -0.1) is 0 Å². The molecule has 2 bridgehead atoms. The van der Waals surface area contributed by atoms with Gasteiger partial charge in [0.25, 0.3) is 0 Å². The molecule has 0 unspecified atom stereocenters. The zero-order chi connectivity index (χ0) is 15.1. The lowest BCUT2D eigenvalue weighted by Crippen LogP contribution is -2.54. The minimum atomic E-state index is -0.0711. The Kier molecular flexibility index (Phi) is 2.52. The minimum absolute atomic E-state index is 0.0711. The Morgan fingerprint density at radius 1 is 1.18 bits per heavy atom. The highest BCUT2D eigenvalue weighted by Crippen LogP contribution is 2.66. The first-order chi connectivity index (χ1) is 10.5. The molecule has 1 aliphatic heterocycles. The van der Waals surface area contributed by atoms with Gasteiger partial charge in [0.15, 0.2) is 5.78 Å². The summed E-state index contributed by atoms with van der Waals surface area (Å²) in [5.41, 5.74) is 0.0206. The summed E-state index contributed by atoms with van der Waals surface area (Å²) in [6, 6.07) is 0. The van der Waals surface area contributed by atoms with Gasteiger partial charge in [0, 0.05) is 29.6 Å². The Balaban J connectivity index is 1.57. The molecule has 3 heteroatoms. The predicted octanol–water partition coefficient (Wildman–Crippen LogP) is 2.93. The van der Waals surface area contributed by atoms with Gasteiger partial charge < -0.3 is 4.74 Å². The van der Waals surface area contributed by atoms with Crippen LogP contribution in [0.5, 0.6) is 0 Å². The molecule has 0 aromatic heterocycles. The van der Waals surface area contributed by atoms with E-state index in [-0.39, 0.29) is 22.7 Å². The Morgan fingerprint density at radius 3 is 2.91 bits per heavy atom. The molecule has 0 radical (unpaired) electrons. The molecule has 5 aliphatic rings. The second-order valence-corrected chi connectivity index (χ2v) is 8.60. The van der Waals surface area contributed by atoms with Gasteiger partial charge in [-0.3, -0.25) is 9.59 Å². The normalized spacial score (nSPS) is 55.8. The fourth-order valence-corrected chi connectivity index (χ4v) is 6.91. The van der Waals surface area contributed by atoms with E-state index in [1.807, 2.05) is 6.08 Å². The van der Waals surface area contributed by atoms with Crippen LogP contribution < -0.4 is 0 Å². The highest BCUT2D eigenvalue weighted by Gasteiger charge is 2.65. The third kappa shape index (κ3) is 1.42. The van der Waals surface area contributed by atoms with Crippen LogP contribution in [-0.4, -0.2) is 24.3 Å². The van der Waals surface area contributed by atoms with Crippen molar-refractivity contribution in [2.75, 3.05) is 6.61 Å². The number of hydrogen-bond donors (Lipinski definition) is 0. The first-order valence-corrected chi connectivity index (χ1v) is 8.91. The molecule has 0 aromatic rings. The van der Waals surface area contributed by atoms with E-state index < -0.39 is 0 Å². The fourth-order valence-electron chi connectivity index (χ4n) is 6.91. The number of carbonyl (C=O) groups excluding carboxylic acids is 2. The quantitative estimate of drug-likeness (QED) is 0.691. The molecule has 118 valence electrons. The Morgan fingerprint density at radius 2 is 2.05 bits per heavy atom. The molecule has 0 aromatic carbocycles. The molecular formula is C19H24O3. The van der Waals surface area contributed by atoms with Crippen LogP contribution in [0.1, 0.15) is 45.4 Å². The van der Waals surface area contributed by atoms with E-state index >= 15 is 0 Å². The maximum absolute atomic E-state index is 12.4. The molecule has 22 heavy (non-hydrogen) atoms. The van der Waals surface area contributed by atoms with E-state index in [1.54, 1.807) is 0 Å². The van der Waals surface area contributed by atoms with Gasteiger partial charge in [-0.2, -0.15) is 0 Å². The molecule has 4 fully saturated rings. The summed E-state index contributed by atoms with van der Waals surface area (Å²) in [5.74, 6) is 2.94. The highest BCUT2D eigenvalue weighted by atomic mass is 16.5. The topological polar surface area (TPSA) is 43.4 Å². The molecule has 0 spiro atoms. The summed E-state index contributed by atoms with van der Waals surface area (Å²) in [4.78, 5) is 24.3. The fraction of sp³-hybridized carbons (Fsp3) is 0.789. The number of Topliss-reactive ketones (excluding diaryl/α,β-unsaturated/α-hetero) is 1. The van der Waals surface area contributed by atoms with Crippen LogP contribution in [-0.2, 0) is 14.3 Å². The van der Waals surface area contributed by atoms with Crippen LogP contribution in [0.3, 0.4) is 0 Å². The molecule has 1 saturated heterocycles. The van der Waals surface area contributed by atoms with Crippen LogP contribution >= 0.6 is 0 Å². The van der Waals surface area contributed by atoms with E-state index in [0.29, 0.717) is 35.9 Å². The molecule has 5 rings (SSSR count). The van der Waals surface area contributed by atoms with Gasteiger partial charge >= 0.3 is 0 Å². The van der Waals surface area contributed by atoms with Gasteiger partial charge in [0.05, 0.1) is 12.7 Å². The molecule has 4 aliphatic carbocycles. The second kappa shape index (κ2) is 4.11. The number of rotatable bonds is 0. The highest BCUT2D eigenvalue weighted by molar-refractivity contribution is 5.91. The van der Waals surface area contributed by atoms with E-state index in [2.05, 4.69) is 13.0 Å². The van der Waals surface area contributed by atoms with E-state index in [1.165, 1.54) is 0 Å². The largest absolute Gasteiger partial charge is 0.377 e. The Labute approximate surface area is 131 Å². The van der Waals surface area contributed by atoms with Crippen molar-refractivity contribution in [3.05, 3.63) is 12.2 Å². The lowest BCUT2D eigenvalue weighted by Gasteiger charge is -2.56. The van der Waals surface area contributed by atoms with Crippen LogP contribution in [0.15, 0.2) is 12.2 Å². The first-order valence-electron chi connectivity index (χ1n) is 8.91. The van der Waals surface area contributed by atoms with Gasteiger partial charge in [-0.25, -0.2) is 0 Å². The van der Waals surface area contributed by atoms with Crippen molar-refractivity contribution < 1.29 is 14.3 Å². The van der Waals surface area contributed by atoms with E-state index in [0.717, 1.165) is 38.7 Å².